The van der Waals surface area contributed by atoms with Crippen LogP contribution >= 0.6 is 11.6 Å². The molecular formula is C16H16ClFN2O2. The first-order valence-electron chi connectivity index (χ1n) is 6.75. The van der Waals surface area contributed by atoms with Crippen molar-refractivity contribution < 1.29 is 9.18 Å². The van der Waals surface area contributed by atoms with Crippen LogP contribution in [0.5, 0.6) is 0 Å². The Kier molecular flexibility index (Phi) is 4.47. The Balaban J connectivity index is 2.32. The molecule has 1 heterocycles. The molecule has 0 aliphatic rings. The Morgan fingerprint density at radius 1 is 1.27 bits per heavy atom. The van der Waals surface area contributed by atoms with Gasteiger partial charge >= 0.3 is 0 Å². The maximum atomic E-state index is 13.1. The quantitative estimate of drug-likeness (QED) is 0.815. The van der Waals surface area contributed by atoms with E-state index in [4.69, 9.17) is 11.6 Å². The minimum absolute atomic E-state index is 0.130. The number of Topliss-reactive ketones (excluding diaryl/α,β-unsaturated/α-hetero) is 1. The van der Waals surface area contributed by atoms with Crippen molar-refractivity contribution in [1.29, 1.82) is 0 Å². The maximum Gasteiger partial charge on any atom is 0.267 e. The molecule has 4 nitrogen and oxygen atoms in total. The van der Waals surface area contributed by atoms with Gasteiger partial charge in [0.1, 0.15) is 12.4 Å². The van der Waals surface area contributed by atoms with Crippen LogP contribution in [-0.2, 0) is 12.0 Å². The average molecular weight is 323 g/mol. The standard InChI is InChI=1S/C16H16ClFN2O2/c1-16(2,3)14-6-7-15(22)20(19-14)9-13(21)10-4-5-12(18)11(17)8-10/h4-8H,9H2,1-3H3. The van der Waals surface area contributed by atoms with E-state index in [2.05, 4.69) is 5.10 Å². The zero-order chi connectivity index (χ0) is 16.5. The van der Waals surface area contributed by atoms with Gasteiger partial charge in [-0.05, 0) is 24.3 Å². The summed E-state index contributed by atoms with van der Waals surface area (Å²) in [4.78, 5) is 24.1. The average Bonchev–Trinajstić information content (AvgIpc) is 2.43. The predicted molar refractivity (Wildman–Crippen MR) is 82.9 cm³/mol. The molecule has 6 heteroatoms. The first kappa shape index (κ1) is 16.4. The Morgan fingerprint density at radius 3 is 2.55 bits per heavy atom. The molecule has 0 aliphatic carbocycles. The normalized spacial score (nSPS) is 11.5. The van der Waals surface area contributed by atoms with Crippen molar-refractivity contribution in [2.45, 2.75) is 32.7 Å². The molecular weight excluding hydrogens is 307 g/mol. The summed E-state index contributed by atoms with van der Waals surface area (Å²) in [6.07, 6.45) is 0. The molecule has 1 aromatic carbocycles. The van der Waals surface area contributed by atoms with Crippen molar-refractivity contribution in [3.63, 3.8) is 0 Å². The molecule has 0 saturated heterocycles. The van der Waals surface area contributed by atoms with Gasteiger partial charge in [0, 0.05) is 17.0 Å². The highest BCUT2D eigenvalue weighted by Gasteiger charge is 2.18. The van der Waals surface area contributed by atoms with Crippen molar-refractivity contribution >= 4 is 17.4 Å². The van der Waals surface area contributed by atoms with E-state index in [1.54, 1.807) is 6.07 Å². The lowest BCUT2D eigenvalue weighted by molar-refractivity contribution is 0.0965. The molecule has 2 rings (SSSR count). The van der Waals surface area contributed by atoms with Crippen molar-refractivity contribution in [3.8, 4) is 0 Å². The van der Waals surface area contributed by atoms with E-state index in [-0.39, 0.29) is 33.9 Å². The highest BCUT2D eigenvalue weighted by molar-refractivity contribution is 6.31. The van der Waals surface area contributed by atoms with Crippen molar-refractivity contribution in [2.24, 2.45) is 0 Å². The Labute approximate surface area is 132 Å². The smallest absolute Gasteiger partial charge is 0.267 e. The summed E-state index contributed by atoms with van der Waals surface area (Å²) in [5, 5.41) is 4.10. The topological polar surface area (TPSA) is 52.0 Å². The van der Waals surface area contributed by atoms with Gasteiger partial charge in [0.2, 0.25) is 0 Å². The van der Waals surface area contributed by atoms with Crippen molar-refractivity contribution in [3.05, 3.63) is 62.8 Å². The summed E-state index contributed by atoms with van der Waals surface area (Å²) in [7, 11) is 0. The number of aromatic nitrogens is 2. The van der Waals surface area contributed by atoms with E-state index in [0.29, 0.717) is 5.69 Å². The molecule has 0 amide bonds. The molecule has 0 atom stereocenters. The Morgan fingerprint density at radius 2 is 1.95 bits per heavy atom. The van der Waals surface area contributed by atoms with Crippen LogP contribution in [-0.4, -0.2) is 15.6 Å². The zero-order valence-electron chi connectivity index (χ0n) is 12.6. The lowest BCUT2D eigenvalue weighted by Crippen LogP contribution is -2.29. The van der Waals surface area contributed by atoms with Crippen molar-refractivity contribution in [1.82, 2.24) is 9.78 Å². The number of carbonyl (C=O) groups excluding carboxylic acids is 1. The second-order valence-corrected chi connectivity index (χ2v) is 6.42. The van der Waals surface area contributed by atoms with Crippen molar-refractivity contribution in [2.75, 3.05) is 0 Å². The SMILES string of the molecule is CC(C)(C)c1ccc(=O)n(CC(=O)c2ccc(F)c(Cl)c2)n1. The monoisotopic (exact) mass is 322 g/mol. The number of benzene rings is 1. The highest BCUT2D eigenvalue weighted by Crippen LogP contribution is 2.19. The summed E-state index contributed by atoms with van der Waals surface area (Å²) in [5.41, 5.74) is 0.338. The fraction of sp³-hybridized carbons (Fsp3) is 0.312. The van der Waals surface area contributed by atoms with Gasteiger partial charge in [-0.3, -0.25) is 9.59 Å². The van der Waals surface area contributed by atoms with Crippen LogP contribution in [0.15, 0.2) is 35.1 Å². The largest absolute Gasteiger partial charge is 0.292 e. The van der Waals surface area contributed by atoms with Gasteiger partial charge in [-0.2, -0.15) is 5.10 Å². The minimum atomic E-state index is -0.594. The van der Waals surface area contributed by atoms with E-state index in [9.17, 15) is 14.0 Å². The number of carbonyl (C=O) groups is 1. The van der Waals surface area contributed by atoms with Crippen LogP contribution < -0.4 is 5.56 Å². The molecule has 0 spiro atoms. The first-order valence-corrected chi connectivity index (χ1v) is 7.13. The highest BCUT2D eigenvalue weighted by atomic mass is 35.5. The predicted octanol–water partition coefficient (Wildman–Crippen LogP) is 3.22. The van der Waals surface area contributed by atoms with Gasteiger partial charge < -0.3 is 0 Å². The fourth-order valence-corrected chi connectivity index (χ4v) is 2.04. The van der Waals surface area contributed by atoms with E-state index in [0.717, 1.165) is 10.7 Å². The molecule has 0 saturated carbocycles. The number of nitrogens with zero attached hydrogens (tertiary/aromatic N) is 2. The third kappa shape index (κ3) is 3.60. The number of hydrogen-bond acceptors (Lipinski definition) is 3. The van der Waals surface area contributed by atoms with E-state index >= 15 is 0 Å². The Hall–Kier alpha value is -2.01. The summed E-state index contributed by atoms with van der Waals surface area (Å²) < 4.78 is 14.2. The molecule has 2 aromatic rings. The number of halogens is 2. The van der Waals surface area contributed by atoms with E-state index in [1.165, 1.54) is 18.2 Å². The second-order valence-electron chi connectivity index (χ2n) is 6.02. The van der Waals surface area contributed by atoms with Crippen LogP contribution in [0.4, 0.5) is 4.39 Å². The van der Waals surface area contributed by atoms with Crippen LogP contribution in [0.1, 0.15) is 36.8 Å². The molecule has 22 heavy (non-hydrogen) atoms. The van der Waals surface area contributed by atoms with Gasteiger partial charge in [-0.25, -0.2) is 9.07 Å². The molecule has 1 aromatic heterocycles. The molecule has 116 valence electrons. The summed E-state index contributed by atoms with van der Waals surface area (Å²) >= 11 is 5.67. The summed E-state index contributed by atoms with van der Waals surface area (Å²) in [5.74, 6) is -0.953. The van der Waals surface area contributed by atoms with E-state index < -0.39 is 5.82 Å². The second kappa shape index (κ2) is 6.01. The lowest BCUT2D eigenvalue weighted by atomic mass is 9.92. The maximum absolute atomic E-state index is 13.1. The van der Waals surface area contributed by atoms with Crippen LogP contribution in [0.2, 0.25) is 5.02 Å². The third-order valence-electron chi connectivity index (χ3n) is 3.17. The molecule has 0 unspecified atom stereocenters. The van der Waals surface area contributed by atoms with Gasteiger partial charge in [-0.15, -0.1) is 0 Å². The minimum Gasteiger partial charge on any atom is -0.292 e. The zero-order valence-corrected chi connectivity index (χ0v) is 13.3. The van der Waals surface area contributed by atoms with E-state index in [1.807, 2.05) is 20.8 Å². The molecule has 0 fully saturated rings. The third-order valence-corrected chi connectivity index (χ3v) is 3.46. The first-order chi connectivity index (χ1) is 10.2. The Bertz CT molecular complexity index is 778. The van der Waals surface area contributed by atoms with Crippen LogP contribution in [0.3, 0.4) is 0 Å². The van der Waals surface area contributed by atoms with Crippen LogP contribution in [0.25, 0.3) is 0 Å². The summed E-state index contributed by atoms with van der Waals surface area (Å²) in [6, 6.07) is 6.74. The van der Waals surface area contributed by atoms with Gasteiger partial charge in [0.25, 0.3) is 5.56 Å². The molecule has 0 aliphatic heterocycles. The number of hydrogen-bond donors (Lipinski definition) is 0. The van der Waals surface area contributed by atoms with Gasteiger partial charge in [0.05, 0.1) is 10.7 Å². The fourth-order valence-electron chi connectivity index (χ4n) is 1.86. The van der Waals surface area contributed by atoms with Gasteiger partial charge in [0.15, 0.2) is 5.78 Å². The number of ketones is 1. The number of rotatable bonds is 3. The molecule has 0 N–H and O–H groups in total. The van der Waals surface area contributed by atoms with Crippen LogP contribution in [0, 0.1) is 5.82 Å². The lowest BCUT2D eigenvalue weighted by Gasteiger charge is -2.18. The molecule has 0 bridgehead atoms. The molecule has 0 radical (unpaired) electrons. The van der Waals surface area contributed by atoms with Gasteiger partial charge in [-0.1, -0.05) is 32.4 Å². The summed E-state index contributed by atoms with van der Waals surface area (Å²) in [6.45, 7) is 5.67.